The molecule has 2 amide bonds. The van der Waals surface area contributed by atoms with Gasteiger partial charge in [0.05, 0.1) is 6.54 Å². The van der Waals surface area contributed by atoms with E-state index in [4.69, 9.17) is 5.21 Å². The van der Waals surface area contributed by atoms with E-state index in [2.05, 4.69) is 5.32 Å². The fraction of sp³-hybridized carbons (Fsp3) is 0.600. The molecule has 1 saturated heterocycles. The van der Waals surface area contributed by atoms with Crippen molar-refractivity contribution in [3.05, 3.63) is 0 Å². The Hall–Kier alpha value is -1.10. The fourth-order valence-corrected chi connectivity index (χ4v) is 0.761. The Labute approximate surface area is 57.6 Å². The van der Waals surface area contributed by atoms with Crippen molar-refractivity contribution in [2.24, 2.45) is 0 Å². The molecule has 0 spiro atoms. The highest BCUT2D eigenvalue weighted by atomic mass is 16.5. The quantitative estimate of drug-likeness (QED) is 0.356. The number of hydroxylamine groups is 2. The van der Waals surface area contributed by atoms with Gasteiger partial charge in [0.1, 0.15) is 6.04 Å². The Balaban J connectivity index is 2.34. The molecular weight excluding hydrogens is 136 g/mol. The standard InChI is InChI=1S/C5H8N2O3/c1-3(8)6-4-2-7(10)5(4)9/h4,10H,2H2,1H3,(H,6,8). The van der Waals surface area contributed by atoms with Crippen LogP contribution in [0.5, 0.6) is 0 Å². The van der Waals surface area contributed by atoms with E-state index in [1.165, 1.54) is 6.92 Å². The van der Waals surface area contributed by atoms with Gasteiger partial charge in [-0.3, -0.25) is 14.8 Å². The van der Waals surface area contributed by atoms with Crippen LogP contribution in [-0.2, 0) is 9.59 Å². The summed E-state index contributed by atoms with van der Waals surface area (Å²) < 4.78 is 0. The van der Waals surface area contributed by atoms with E-state index in [-0.39, 0.29) is 12.5 Å². The van der Waals surface area contributed by atoms with Gasteiger partial charge in [0, 0.05) is 6.92 Å². The summed E-state index contributed by atoms with van der Waals surface area (Å²) in [5.74, 6) is -0.707. The number of hydrogen-bond donors (Lipinski definition) is 2. The summed E-state index contributed by atoms with van der Waals surface area (Å²) in [5, 5.41) is 11.5. The first-order valence-electron chi connectivity index (χ1n) is 2.88. The third-order valence-electron chi connectivity index (χ3n) is 1.29. The van der Waals surface area contributed by atoms with Gasteiger partial charge in [0.25, 0.3) is 5.91 Å². The van der Waals surface area contributed by atoms with E-state index in [1.807, 2.05) is 0 Å². The van der Waals surface area contributed by atoms with E-state index in [0.29, 0.717) is 5.06 Å². The first-order valence-corrected chi connectivity index (χ1v) is 2.88. The molecule has 0 aromatic carbocycles. The number of carbonyl (C=O) groups excluding carboxylic acids is 2. The Morgan fingerprint density at radius 2 is 2.50 bits per heavy atom. The average Bonchev–Trinajstić information content (AvgIpc) is 1.86. The lowest BCUT2D eigenvalue weighted by atomic mass is 10.1. The van der Waals surface area contributed by atoms with Gasteiger partial charge in [-0.2, -0.15) is 0 Å². The zero-order valence-corrected chi connectivity index (χ0v) is 5.50. The molecule has 1 unspecified atom stereocenters. The van der Waals surface area contributed by atoms with E-state index >= 15 is 0 Å². The van der Waals surface area contributed by atoms with Crippen LogP contribution in [0.1, 0.15) is 6.92 Å². The summed E-state index contributed by atoms with van der Waals surface area (Å²) in [5.41, 5.74) is 0. The number of carbonyl (C=O) groups is 2. The smallest absolute Gasteiger partial charge is 0.270 e. The minimum atomic E-state index is -0.512. The van der Waals surface area contributed by atoms with Crippen molar-refractivity contribution < 1.29 is 14.8 Å². The molecule has 1 fully saturated rings. The molecule has 5 nitrogen and oxygen atoms in total. The second-order valence-electron chi connectivity index (χ2n) is 2.17. The van der Waals surface area contributed by atoms with Crippen LogP contribution in [0.15, 0.2) is 0 Å². The zero-order chi connectivity index (χ0) is 7.72. The van der Waals surface area contributed by atoms with E-state index in [9.17, 15) is 9.59 Å². The van der Waals surface area contributed by atoms with Crippen molar-refractivity contribution in [2.45, 2.75) is 13.0 Å². The zero-order valence-electron chi connectivity index (χ0n) is 5.50. The second-order valence-corrected chi connectivity index (χ2v) is 2.17. The average molecular weight is 144 g/mol. The molecule has 56 valence electrons. The lowest BCUT2D eigenvalue weighted by Crippen LogP contribution is -2.62. The van der Waals surface area contributed by atoms with Crippen molar-refractivity contribution in [1.82, 2.24) is 10.4 Å². The summed E-state index contributed by atoms with van der Waals surface area (Å²) in [7, 11) is 0. The Morgan fingerprint density at radius 3 is 2.80 bits per heavy atom. The third kappa shape index (κ3) is 1.08. The molecule has 0 saturated carbocycles. The Bertz CT molecular complexity index is 180. The summed E-state index contributed by atoms with van der Waals surface area (Å²) in [4.78, 5) is 20.9. The highest BCUT2D eigenvalue weighted by molar-refractivity contribution is 5.90. The van der Waals surface area contributed by atoms with Gasteiger partial charge in [-0.25, -0.2) is 5.06 Å². The molecule has 0 radical (unpaired) electrons. The van der Waals surface area contributed by atoms with Crippen LogP contribution in [0.25, 0.3) is 0 Å². The topological polar surface area (TPSA) is 69.6 Å². The predicted molar refractivity (Wildman–Crippen MR) is 31.1 cm³/mol. The van der Waals surface area contributed by atoms with Crippen LogP contribution in [0.3, 0.4) is 0 Å². The van der Waals surface area contributed by atoms with E-state index in [0.717, 1.165) is 0 Å². The first-order chi connectivity index (χ1) is 4.61. The lowest BCUT2D eigenvalue weighted by Gasteiger charge is -2.32. The molecule has 0 aliphatic carbocycles. The molecule has 1 atom stereocenters. The summed E-state index contributed by atoms with van der Waals surface area (Å²) >= 11 is 0. The fourth-order valence-electron chi connectivity index (χ4n) is 0.761. The molecule has 1 heterocycles. The van der Waals surface area contributed by atoms with Gasteiger partial charge < -0.3 is 5.32 Å². The molecular formula is C5H8N2O3. The molecule has 0 aromatic heterocycles. The summed E-state index contributed by atoms with van der Waals surface area (Å²) in [6, 6.07) is -0.512. The number of nitrogens with one attached hydrogen (secondary N) is 1. The van der Waals surface area contributed by atoms with Gasteiger partial charge >= 0.3 is 0 Å². The molecule has 2 N–H and O–H groups in total. The van der Waals surface area contributed by atoms with Crippen molar-refractivity contribution >= 4 is 11.8 Å². The molecule has 5 heteroatoms. The van der Waals surface area contributed by atoms with Crippen molar-refractivity contribution in [2.75, 3.05) is 6.54 Å². The highest BCUT2D eigenvalue weighted by Gasteiger charge is 2.36. The molecule has 1 aliphatic rings. The molecule has 1 aliphatic heterocycles. The monoisotopic (exact) mass is 144 g/mol. The van der Waals surface area contributed by atoms with E-state index in [1.54, 1.807) is 0 Å². The highest BCUT2D eigenvalue weighted by Crippen LogP contribution is 2.04. The van der Waals surface area contributed by atoms with Crippen LogP contribution < -0.4 is 5.32 Å². The molecule has 0 bridgehead atoms. The minimum Gasteiger partial charge on any atom is -0.343 e. The maximum atomic E-state index is 10.6. The number of amides is 2. The lowest BCUT2D eigenvalue weighted by molar-refractivity contribution is -0.191. The third-order valence-corrected chi connectivity index (χ3v) is 1.29. The summed E-state index contributed by atoms with van der Waals surface area (Å²) in [6.07, 6.45) is 0. The van der Waals surface area contributed by atoms with Crippen LogP contribution in [0.4, 0.5) is 0 Å². The van der Waals surface area contributed by atoms with Gasteiger partial charge in [0.15, 0.2) is 0 Å². The number of rotatable bonds is 1. The Kier molecular flexibility index (Phi) is 1.58. The first kappa shape index (κ1) is 7.01. The van der Waals surface area contributed by atoms with Crippen LogP contribution in [0.2, 0.25) is 0 Å². The van der Waals surface area contributed by atoms with Crippen LogP contribution >= 0.6 is 0 Å². The summed E-state index contributed by atoms with van der Waals surface area (Å²) in [6.45, 7) is 1.52. The van der Waals surface area contributed by atoms with E-state index < -0.39 is 11.9 Å². The van der Waals surface area contributed by atoms with Crippen molar-refractivity contribution in [3.63, 3.8) is 0 Å². The molecule has 1 rings (SSSR count). The number of nitrogens with zero attached hydrogens (tertiary/aromatic N) is 1. The van der Waals surface area contributed by atoms with Crippen molar-refractivity contribution in [3.8, 4) is 0 Å². The van der Waals surface area contributed by atoms with Gasteiger partial charge in [0.2, 0.25) is 5.91 Å². The van der Waals surface area contributed by atoms with Gasteiger partial charge in [-0.15, -0.1) is 0 Å². The molecule has 0 aromatic rings. The normalized spacial score (nSPS) is 24.0. The SMILES string of the molecule is CC(=O)NC1CN(O)C1=O. The maximum Gasteiger partial charge on any atom is 0.270 e. The van der Waals surface area contributed by atoms with Crippen LogP contribution in [0, 0.1) is 0 Å². The van der Waals surface area contributed by atoms with Gasteiger partial charge in [-0.05, 0) is 0 Å². The second kappa shape index (κ2) is 2.26. The number of hydrogen-bond acceptors (Lipinski definition) is 3. The van der Waals surface area contributed by atoms with Crippen LogP contribution in [-0.4, -0.2) is 34.7 Å². The Morgan fingerprint density at radius 1 is 1.90 bits per heavy atom. The van der Waals surface area contributed by atoms with Gasteiger partial charge in [-0.1, -0.05) is 0 Å². The number of β-lactam (4-membered cyclic amide) rings is 1. The molecule has 10 heavy (non-hydrogen) atoms. The largest absolute Gasteiger partial charge is 0.343 e. The minimum absolute atomic E-state index is 0.193. The maximum absolute atomic E-state index is 10.6. The van der Waals surface area contributed by atoms with Crippen molar-refractivity contribution in [1.29, 1.82) is 0 Å². The predicted octanol–water partition coefficient (Wildman–Crippen LogP) is -1.28.